The third-order valence-corrected chi connectivity index (χ3v) is 4.09. The zero-order valence-electron chi connectivity index (χ0n) is 13.2. The molecule has 0 spiro atoms. The molecule has 0 aliphatic heterocycles. The van der Waals surface area contributed by atoms with Crippen LogP contribution in [0.25, 0.3) is 0 Å². The maximum atomic E-state index is 13.9. The van der Waals surface area contributed by atoms with E-state index in [2.05, 4.69) is 4.90 Å². The molecular weight excluding hydrogens is 255 g/mol. The molecule has 20 heavy (non-hydrogen) atoms. The number of rotatable bonds is 7. The van der Waals surface area contributed by atoms with E-state index in [1.165, 1.54) is 6.07 Å². The van der Waals surface area contributed by atoms with Gasteiger partial charge in [-0.15, -0.1) is 0 Å². The van der Waals surface area contributed by atoms with E-state index in [-0.39, 0.29) is 23.5 Å². The van der Waals surface area contributed by atoms with Crippen molar-refractivity contribution in [2.75, 3.05) is 20.7 Å². The second kappa shape index (κ2) is 7.16. The maximum absolute atomic E-state index is 13.9. The fourth-order valence-corrected chi connectivity index (χ4v) is 2.39. The topological polar surface area (TPSA) is 38.5 Å². The van der Waals surface area contributed by atoms with Crippen LogP contribution >= 0.6 is 0 Å². The standard InChI is InChI=1S/C16H27FN2O/c1-12(14-8-6-7-9-15(14)17)19(4)13(11-18)10-16(2,3)20-5/h6-9,12-13H,10-11,18H2,1-5H3. The van der Waals surface area contributed by atoms with Crippen LogP contribution in [0.3, 0.4) is 0 Å². The Balaban J connectivity index is 2.86. The van der Waals surface area contributed by atoms with Gasteiger partial charge in [0.1, 0.15) is 5.82 Å². The van der Waals surface area contributed by atoms with Crippen molar-refractivity contribution < 1.29 is 9.13 Å². The van der Waals surface area contributed by atoms with E-state index in [9.17, 15) is 4.39 Å². The van der Waals surface area contributed by atoms with Crippen LogP contribution in [0.15, 0.2) is 24.3 Å². The molecule has 2 unspecified atom stereocenters. The van der Waals surface area contributed by atoms with Gasteiger partial charge in [-0.25, -0.2) is 4.39 Å². The Morgan fingerprint density at radius 2 is 1.95 bits per heavy atom. The van der Waals surface area contributed by atoms with Gasteiger partial charge in [0.15, 0.2) is 0 Å². The van der Waals surface area contributed by atoms with Gasteiger partial charge < -0.3 is 10.5 Å². The highest BCUT2D eigenvalue weighted by Gasteiger charge is 2.28. The lowest BCUT2D eigenvalue weighted by Crippen LogP contribution is -2.44. The quantitative estimate of drug-likeness (QED) is 0.835. The Bertz CT molecular complexity index is 423. The highest BCUT2D eigenvalue weighted by molar-refractivity contribution is 5.20. The molecule has 0 aromatic heterocycles. The lowest BCUT2D eigenvalue weighted by molar-refractivity contribution is -0.00902. The van der Waals surface area contributed by atoms with Crippen molar-refractivity contribution in [3.8, 4) is 0 Å². The summed E-state index contributed by atoms with van der Waals surface area (Å²) in [5, 5.41) is 0. The molecule has 3 nitrogen and oxygen atoms in total. The number of hydrogen-bond donors (Lipinski definition) is 1. The molecule has 0 fully saturated rings. The van der Waals surface area contributed by atoms with Crippen LogP contribution in [-0.2, 0) is 4.74 Å². The van der Waals surface area contributed by atoms with Crippen LogP contribution in [0.2, 0.25) is 0 Å². The molecule has 0 saturated heterocycles. The third-order valence-electron chi connectivity index (χ3n) is 4.09. The Morgan fingerprint density at radius 3 is 2.45 bits per heavy atom. The summed E-state index contributed by atoms with van der Waals surface area (Å²) in [7, 11) is 3.69. The van der Waals surface area contributed by atoms with E-state index in [4.69, 9.17) is 10.5 Å². The molecule has 2 atom stereocenters. The summed E-state index contributed by atoms with van der Waals surface area (Å²) < 4.78 is 19.4. The summed E-state index contributed by atoms with van der Waals surface area (Å²) in [6.45, 7) is 6.59. The fourth-order valence-electron chi connectivity index (χ4n) is 2.39. The minimum atomic E-state index is -0.243. The van der Waals surface area contributed by atoms with E-state index in [0.29, 0.717) is 12.1 Å². The Morgan fingerprint density at radius 1 is 1.35 bits per heavy atom. The number of nitrogens with zero attached hydrogens (tertiary/aromatic N) is 1. The summed E-state index contributed by atoms with van der Waals surface area (Å²) >= 11 is 0. The fraction of sp³-hybridized carbons (Fsp3) is 0.625. The van der Waals surface area contributed by atoms with Crippen LogP contribution in [-0.4, -0.2) is 37.2 Å². The molecule has 0 aliphatic rings. The Labute approximate surface area is 121 Å². The van der Waals surface area contributed by atoms with E-state index >= 15 is 0 Å². The smallest absolute Gasteiger partial charge is 0.127 e. The van der Waals surface area contributed by atoms with Gasteiger partial charge in [-0.3, -0.25) is 4.90 Å². The van der Waals surface area contributed by atoms with Gasteiger partial charge >= 0.3 is 0 Å². The van der Waals surface area contributed by atoms with Crippen LogP contribution in [0.5, 0.6) is 0 Å². The van der Waals surface area contributed by atoms with Crippen molar-refractivity contribution in [3.05, 3.63) is 35.6 Å². The zero-order chi connectivity index (χ0) is 15.3. The average Bonchev–Trinajstić information content (AvgIpc) is 2.44. The first-order valence-electron chi connectivity index (χ1n) is 7.04. The summed E-state index contributed by atoms with van der Waals surface area (Å²) in [5.74, 6) is -0.173. The minimum Gasteiger partial charge on any atom is -0.379 e. The Hall–Kier alpha value is -0.970. The lowest BCUT2D eigenvalue weighted by Gasteiger charge is -2.37. The van der Waals surface area contributed by atoms with Crippen molar-refractivity contribution in [2.45, 2.75) is 44.9 Å². The first-order valence-corrected chi connectivity index (χ1v) is 7.04. The number of ether oxygens (including phenoxy) is 1. The highest BCUT2D eigenvalue weighted by Crippen LogP contribution is 2.26. The molecule has 1 aromatic rings. The monoisotopic (exact) mass is 282 g/mol. The van der Waals surface area contributed by atoms with Gasteiger partial charge in [-0.2, -0.15) is 0 Å². The minimum absolute atomic E-state index is 0.0302. The van der Waals surface area contributed by atoms with Crippen LogP contribution in [0.1, 0.15) is 38.8 Å². The number of likely N-dealkylation sites (N-methyl/N-ethyl adjacent to an activating group) is 1. The molecule has 4 heteroatoms. The van der Waals surface area contributed by atoms with Gasteiger partial charge in [0, 0.05) is 31.3 Å². The molecule has 1 aromatic carbocycles. The Kier molecular flexibility index (Phi) is 6.11. The van der Waals surface area contributed by atoms with Crippen LogP contribution in [0, 0.1) is 5.82 Å². The van der Waals surface area contributed by atoms with Crippen LogP contribution < -0.4 is 5.73 Å². The molecule has 0 bridgehead atoms. The van der Waals surface area contributed by atoms with Gasteiger partial charge in [0.25, 0.3) is 0 Å². The number of methoxy groups -OCH3 is 1. The van der Waals surface area contributed by atoms with Gasteiger partial charge in [-0.1, -0.05) is 18.2 Å². The molecule has 1 rings (SSSR count). The molecule has 0 saturated carbocycles. The van der Waals surface area contributed by atoms with Crippen molar-refractivity contribution in [2.24, 2.45) is 5.73 Å². The number of halogens is 1. The van der Waals surface area contributed by atoms with Gasteiger partial charge in [0.2, 0.25) is 0 Å². The summed E-state index contributed by atoms with van der Waals surface area (Å²) in [6.07, 6.45) is 0.801. The van der Waals surface area contributed by atoms with E-state index in [1.807, 2.05) is 40.0 Å². The predicted molar refractivity (Wildman–Crippen MR) is 81.1 cm³/mol. The van der Waals surface area contributed by atoms with E-state index < -0.39 is 0 Å². The van der Waals surface area contributed by atoms with E-state index in [1.54, 1.807) is 13.2 Å². The van der Waals surface area contributed by atoms with Gasteiger partial charge in [-0.05, 0) is 40.3 Å². The lowest BCUT2D eigenvalue weighted by atomic mass is 9.95. The maximum Gasteiger partial charge on any atom is 0.127 e. The normalized spacial score (nSPS) is 15.4. The third kappa shape index (κ3) is 4.27. The van der Waals surface area contributed by atoms with Crippen molar-refractivity contribution in [1.82, 2.24) is 4.90 Å². The predicted octanol–water partition coefficient (Wildman–Crippen LogP) is 2.96. The van der Waals surface area contributed by atoms with Crippen LogP contribution in [0.4, 0.5) is 4.39 Å². The van der Waals surface area contributed by atoms with Crippen molar-refractivity contribution >= 4 is 0 Å². The molecule has 0 aliphatic carbocycles. The second-order valence-electron chi connectivity index (χ2n) is 5.92. The molecular formula is C16H27FN2O. The summed E-state index contributed by atoms with van der Waals surface area (Å²) in [6, 6.07) is 7.00. The zero-order valence-corrected chi connectivity index (χ0v) is 13.2. The average molecular weight is 282 g/mol. The summed E-state index contributed by atoms with van der Waals surface area (Å²) in [5.41, 5.74) is 6.35. The number of benzene rings is 1. The van der Waals surface area contributed by atoms with Crippen molar-refractivity contribution in [3.63, 3.8) is 0 Å². The summed E-state index contributed by atoms with van der Waals surface area (Å²) in [4.78, 5) is 2.12. The van der Waals surface area contributed by atoms with Gasteiger partial charge in [0.05, 0.1) is 5.60 Å². The molecule has 0 radical (unpaired) electrons. The number of hydrogen-bond acceptors (Lipinski definition) is 3. The van der Waals surface area contributed by atoms with Crippen molar-refractivity contribution in [1.29, 1.82) is 0 Å². The molecule has 2 N–H and O–H groups in total. The first-order chi connectivity index (χ1) is 9.32. The SMILES string of the molecule is COC(C)(C)CC(CN)N(C)C(C)c1ccccc1F. The highest BCUT2D eigenvalue weighted by atomic mass is 19.1. The second-order valence-corrected chi connectivity index (χ2v) is 5.92. The molecule has 0 heterocycles. The number of nitrogens with two attached hydrogens (primary N) is 1. The van der Waals surface area contributed by atoms with E-state index in [0.717, 1.165) is 6.42 Å². The first kappa shape index (κ1) is 17.1. The molecule has 0 amide bonds. The largest absolute Gasteiger partial charge is 0.379 e. The molecule has 114 valence electrons.